The Morgan fingerprint density at radius 2 is 1.81 bits per heavy atom. The molecule has 6 nitrogen and oxygen atoms in total. The van der Waals surface area contributed by atoms with Crippen LogP contribution in [0.2, 0.25) is 0 Å². The van der Waals surface area contributed by atoms with E-state index in [-0.39, 0.29) is 17.4 Å². The van der Waals surface area contributed by atoms with Gasteiger partial charge in [-0.05, 0) is 74.2 Å². The number of nitrogens with zero attached hydrogens (tertiary/aromatic N) is 3. The minimum atomic E-state index is -0.424. The maximum absolute atomic E-state index is 13.6. The van der Waals surface area contributed by atoms with Crippen LogP contribution in [0.15, 0.2) is 59.4 Å². The third-order valence-electron chi connectivity index (χ3n) is 5.80. The van der Waals surface area contributed by atoms with Crippen LogP contribution in [0.25, 0.3) is 5.69 Å². The van der Waals surface area contributed by atoms with Gasteiger partial charge in [-0.25, -0.2) is 4.39 Å². The first-order valence-electron chi connectivity index (χ1n) is 10.4. The van der Waals surface area contributed by atoms with Crippen molar-refractivity contribution in [1.82, 2.24) is 9.78 Å². The fourth-order valence-corrected chi connectivity index (χ4v) is 3.80. The van der Waals surface area contributed by atoms with Crippen LogP contribution in [-0.4, -0.2) is 28.8 Å². The number of carbonyl (C=O) groups is 1. The average Bonchev–Trinajstić information content (AvgIpc) is 2.77. The fourth-order valence-electron chi connectivity index (χ4n) is 3.80. The summed E-state index contributed by atoms with van der Waals surface area (Å²) in [6.07, 6.45) is 1.38. The van der Waals surface area contributed by atoms with Crippen molar-refractivity contribution in [3.8, 4) is 5.69 Å². The molecule has 1 aliphatic rings. The summed E-state index contributed by atoms with van der Waals surface area (Å²) in [7, 11) is 0. The Labute approximate surface area is 180 Å². The molecule has 0 atom stereocenters. The van der Waals surface area contributed by atoms with Gasteiger partial charge < -0.3 is 10.2 Å². The number of anilines is 2. The summed E-state index contributed by atoms with van der Waals surface area (Å²) >= 11 is 0. The highest BCUT2D eigenvalue weighted by atomic mass is 19.1. The van der Waals surface area contributed by atoms with Crippen molar-refractivity contribution in [2.75, 3.05) is 23.3 Å². The summed E-state index contributed by atoms with van der Waals surface area (Å²) in [4.78, 5) is 27.0. The molecule has 1 aromatic heterocycles. The molecule has 0 aliphatic carbocycles. The number of aromatic nitrogens is 2. The molecule has 7 heteroatoms. The Hall–Kier alpha value is -3.48. The second-order valence-corrected chi connectivity index (χ2v) is 7.97. The van der Waals surface area contributed by atoms with Crippen LogP contribution in [-0.2, 0) is 4.79 Å². The quantitative estimate of drug-likeness (QED) is 0.696. The number of hydrogen-bond acceptors (Lipinski definition) is 4. The van der Waals surface area contributed by atoms with Crippen LogP contribution in [0.4, 0.5) is 15.9 Å². The molecule has 3 aromatic rings. The highest BCUT2D eigenvalue weighted by Crippen LogP contribution is 2.23. The molecular weight excluding hydrogens is 395 g/mol. The zero-order valence-electron chi connectivity index (χ0n) is 17.6. The fraction of sp³-hybridized carbons (Fsp3) is 0.292. The summed E-state index contributed by atoms with van der Waals surface area (Å²) in [6, 6.07) is 14.8. The maximum Gasteiger partial charge on any atom is 0.271 e. The van der Waals surface area contributed by atoms with Gasteiger partial charge in [0.05, 0.1) is 5.69 Å². The highest BCUT2D eigenvalue weighted by molar-refractivity contribution is 5.92. The van der Waals surface area contributed by atoms with E-state index in [1.54, 1.807) is 18.2 Å². The Balaban J connectivity index is 1.43. The van der Waals surface area contributed by atoms with E-state index in [9.17, 15) is 14.0 Å². The third kappa shape index (κ3) is 4.66. The number of hydrogen-bond donors (Lipinski definition) is 1. The predicted octanol–water partition coefficient (Wildman–Crippen LogP) is 3.84. The summed E-state index contributed by atoms with van der Waals surface area (Å²) in [5.74, 6) is 0.164. The van der Waals surface area contributed by atoms with Crippen molar-refractivity contribution < 1.29 is 9.18 Å². The monoisotopic (exact) mass is 420 g/mol. The van der Waals surface area contributed by atoms with Crippen molar-refractivity contribution in [3.05, 3.63) is 81.9 Å². The van der Waals surface area contributed by atoms with Crippen molar-refractivity contribution >= 4 is 17.4 Å². The van der Waals surface area contributed by atoms with Crippen LogP contribution in [0.3, 0.4) is 0 Å². The molecule has 1 aliphatic heterocycles. The molecule has 4 rings (SSSR count). The lowest BCUT2D eigenvalue weighted by molar-refractivity contribution is -0.120. The molecule has 1 saturated heterocycles. The Kier molecular flexibility index (Phi) is 5.84. The number of amides is 1. The van der Waals surface area contributed by atoms with Crippen LogP contribution in [0.1, 0.15) is 24.0 Å². The van der Waals surface area contributed by atoms with Gasteiger partial charge in [-0.2, -0.15) is 4.68 Å². The van der Waals surface area contributed by atoms with Crippen LogP contribution in [0, 0.1) is 25.6 Å². The van der Waals surface area contributed by atoms with E-state index in [0.29, 0.717) is 37.4 Å². The Morgan fingerprint density at radius 3 is 2.52 bits per heavy atom. The van der Waals surface area contributed by atoms with Crippen molar-refractivity contribution in [2.24, 2.45) is 5.92 Å². The maximum atomic E-state index is 13.6. The van der Waals surface area contributed by atoms with E-state index >= 15 is 0 Å². The summed E-state index contributed by atoms with van der Waals surface area (Å²) in [5.41, 5.74) is 3.22. The van der Waals surface area contributed by atoms with Gasteiger partial charge in [-0.1, -0.05) is 12.1 Å². The Morgan fingerprint density at radius 1 is 1.03 bits per heavy atom. The summed E-state index contributed by atoms with van der Waals surface area (Å²) in [6.45, 7) is 5.38. The number of carbonyl (C=O) groups excluding carboxylic acids is 1. The van der Waals surface area contributed by atoms with Crippen LogP contribution < -0.4 is 15.8 Å². The first-order valence-corrected chi connectivity index (χ1v) is 10.4. The number of piperidine rings is 1. The Bertz CT molecular complexity index is 1170. The molecule has 0 spiro atoms. The van der Waals surface area contributed by atoms with Gasteiger partial charge in [-0.15, -0.1) is 5.10 Å². The van der Waals surface area contributed by atoms with Crippen LogP contribution in [0.5, 0.6) is 0 Å². The van der Waals surface area contributed by atoms with E-state index in [1.807, 2.05) is 32.0 Å². The molecule has 0 unspecified atom stereocenters. The van der Waals surface area contributed by atoms with Gasteiger partial charge in [-0.3, -0.25) is 9.59 Å². The molecule has 0 radical (unpaired) electrons. The van der Waals surface area contributed by atoms with Crippen molar-refractivity contribution in [2.45, 2.75) is 26.7 Å². The highest BCUT2D eigenvalue weighted by Gasteiger charge is 2.26. The van der Waals surface area contributed by atoms with E-state index < -0.39 is 5.82 Å². The van der Waals surface area contributed by atoms with Crippen LogP contribution >= 0.6 is 0 Å². The third-order valence-corrected chi connectivity index (χ3v) is 5.80. The average molecular weight is 420 g/mol. The normalized spacial score (nSPS) is 14.5. The van der Waals surface area contributed by atoms with Gasteiger partial charge in [0.1, 0.15) is 11.6 Å². The second-order valence-electron chi connectivity index (χ2n) is 7.97. The number of rotatable bonds is 4. The smallest absolute Gasteiger partial charge is 0.271 e. The second kappa shape index (κ2) is 8.71. The van der Waals surface area contributed by atoms with E-state index in [4.69, 9.17) is 0 Å². The van der Waals surface area contributed by atoms with Crippen molar-refractivity contribution in [3.63, 3.8) is 0 Å². The lowest BCUT2D eigenvalue weighted by atomic mass is 9.95. The van der Waals surface area contributed by atoms with Gasteiger partial charge in [0.25, 0.3) is 5.56 Å². The molecule has 0 bridgehead atoms. The standard InChI is InChI=1S/C24H25FN4O2/c1-16-6-7-20(14-17(16)2)26-24(31)18-10-12-28(13-11-18)22-8-9-23(30)29(27-22)21-5-3-4-19(25)15-21/h3-9,14-15,18H,10-13H2,1-2H3,(H,26,31). The predicted molar refractivity (Wildman–Crippen MR) is 119 cm³/mol. The lowest BCUT2D eigenvalue weighted by Gasteiger charge is -2.32. The number of benzene rings is 2. The lowest BCUT2D eigenvalue weighted by Crippen LogP contribution is -2.39. The zero-order chi connectivity index (χ0) is 22.0. The summed E-state index contributed by atoms with van der Waals surface area (Å²) < 4.78 is 14.8. The molecule has 160 valence electrons. The molecular formula is C24H25FN4O2. The topological polar surface area (TPSA) is 67.2 Å². The van der Waals surface area contributed by atoms with E-state index in [0.717, 1.165) is 11.3 Å². The molecule has 2 heterocycles. The SMILES string of the molecule is Cc1ccc(NC(=O)C2CCN(c3ccc(=O)n(-c4cccc(F)c4)n3)CC2)cc1C. The zero-order valence-corrected chi connectivity index (χ0v) is 17.6. The van der Waals surface area contributed by atoms with Crippen molar-refractivity contribution in [1.29, 1.82) is 0 Å². The minimum absolute atomic E-state index is 0.0283. The number of aryl methyl sites for hydroxylation is 2. The first-order chi connectivity index (χ1) is 14.9. The molecule has 1 fully saturated rings. The van der Waals surface area contributed by atoms with E-state index in [1.165, 1.54) is 28.4 Å². The number of halogens is 1. The minimum Gasteiger partial charge on any atom is -0.355 e. The molecule has 2 aromatic carbocycles. The van der Waals surface area contributed by atoms with Gasteiger partial charge in [0, 0.05) is 30.8 Å². The molecule has 1 N–H and O–H groups in total. The number of nitrogens with one attached hydrogen (secondary N) is 1. The molecule has 0 saturated carbocycles. The first kappa shape index (κ1) is 20.8. The van der Waals surface area contributed by atoms with Gasteiger partial charge >= 0.3 is 0 Å². The largest absolute Gasteiger partial charge is 0.355 e. The molecule has 1 amide bonds. The van der Waals surface area contributed by atoms with Gasteiger partial charge in [0.2, 0.25) is 5.91 Å². The molecule has 31 heavy (non-hydrogen) atoms. The van der Waals surface area contributed by atoms with Gasteiger partial charge in [0.15, 0.2) is 0 Å². The van der Waals surface area contributed by atoms with E-state index in [2.05, 4.69) is 15.3 Å². The summed E-state index contributed by atoms with van der Waals surface area (Å²) in [5, 5.41) is 7.45.